The minimum Gasteiger partial charge on any atom is -0.453 e. The zero-order valence-electron chi connectivity index (χ0n) is 9.77. The first-order chi connectivity index (χ1) is 8.68. The first kappa shape index (κ1) is 11.0. The summed E-state index contributed by atoms with van der Waals surface area (Å²) in [7, 11) is 0. The van der Waals surface area contributed by atoms with E-state index in [1.54, 1.807) is 18.2 Å². The Balaban J connectivity index is 2.42. The van der Waals surface area contributed by atoms with E-state index in [-0.39, 0.29) is 11.1 Å². The van der Waals surface area contributed by atoms with E-state index in [1.807, 2.05) is 24.4 Å². The minimum atomic E-state index is -0.167. The summed E-state index contributed by atoms with van der Waals surface area (Å²) in [6.07, 6.45) is 0. The van der Waals surface area contributed by atoms with Crippen molar-refractivity contribution in [1.29, 1.82) is 0 Å². The van der Waals surface area contributed by atoms with E-state index in [9.17, 15) is 4.79 Å². The number of aryl methyl sites for hydroxylation is 1. The van der Waals surface area contributed by atoms with Gasteiger partial charge in [-0.25, -0.2) is 0 Å². The van der Waals surface area contributed by atoms with Crippen LogP contribution in [0.4, 0.5) is 5.69 Å². The van der Waals surface area contributed by atoms with Crippen molar-refractivity contribution in [2.45, 2.75) is 6.92 Å². The molecule has 0 radical (unpaired) electrons. The number of para-hydroxylation sites is 1. The summed E-state index contributed by atoms with van der Waals surface area (Å²) in [5, 5.41) is 2.48. The maximum Gasteiger partial charge on any atom is 0.216 e. The predicted molar refractivity (Wildman–Crippen MR) is 74.9 cm³/mol. The van der Waals surface area contributed by atoms with Crippen LogP contribution < -0.4 is 11.2 Å². The van der Waals surface area contributed by atoms with Crippen LogP contribution in [0.2, 0.25) is 0 Å². The van der Waals surface area contributed by atoms with Crippen molar-refractivity contribution in [1.82, 2.24) is 0 Å². The Morgan fingerprint density at radius 2 is 2.00 bits per heavy atom. The van der Waals surface area contributed by atoms with Gasteiger partial charge in [-0.1, -0.05) is 12.1 Å². The number of rotatable bonds is 1. The first-order valence-electron chi connectivity index (χ1n) is 5.54. The fourth-order valence-electron chi connectivity index (χ4n) is 1.93. The molecule has 0 unspecified atom stereocenters. The van der Waals surface area contributed by atoms with Crippen molar-refractivity contribution in [2.24, 2.45) is 0 Å². The van der Waals surface area contributed by atoms with Gasteiger partial charge in [0.15, 0.2) is 5.76 Å². The number of hydrogen-bond acceptors (Lipinski definition) is 4. The third-order valence-electron chi connectivity index (χ3n) is 2.90. The van der Waals surface area contributed by atoms with Gasteiger partial charge in [0.25, 0.3) is 0 Å². The highest BCUT2D eigenvalue weighted by Crippen LogP contribution is 2.33. The molecule has 0 saturated heterocycles. The van der Waals surface area contributed by atoms with Crippen molar-refractivity contribution >= 4 is 28.0 Å². The van der Waals surface area contributed by atoms with E-state index < -0.39 is 0 Å². The molecule has 0 aliphatic heterocycles. The molecule has 0 fully saturated rings. The maximum absolute atomic E-state index is 12.2. The lowest BCUT2D eigenvalue weighted by atomic mass is 10.1. The molecule has 1 aromatic carbocycles. The highest BCUT2D eigenvalue weighted by atomic mass is 32.1. The highest BCUT2D eigenvalue weighted by molar-refractivity contribution is 7.13. The van der Waals surface area contributed by atoms with Crippen molar-refractivity contribution in [2.75, 3.05) is 5.73 Å². The standard InChI is InChI=1S/C14H11NO2S/c1-8-6-7-18-14(8)13-11(15)12(16)9-4-2-3-5-10(9)17-13/h2-7H,15H2,1H3. The molecule has 3 rings (SSSR count). The number of nitrogen functional groups attached to an aromatic ring is 1. The SMILES string of the molecule is Cc1ccsc1-c1oc2ccccc2c(=O)c1N. The van der Waals surface area contributed by atoms with Crippen molar-refractivity contribution in [3.8, 4) is 10.6 Å². The average molecular weight is 257 g/mol. The molecule has 0 spiro atoms. The van der Waals surface area contributed by atoms with Gasteiger partial charge in [-0.15, -0.1) is 11.3 Å². The second-order valence-corrected chi connectivity index (χ2v) is 5.02. The molecule has 4 heteroatoms. The van der Waals surface area contributed by atoms with Crippen LogP contribution in [0.25, 0.3) is 21.6 Å². The van der Waals surface area contributed by atoms with Crippen molar-refractivity contribution in [3.63, 3.8) is 0 Å². The third kappa shape index (κ3) is 1.54. The lowest BCUT2D eigenvalue weighted by Crippen LogP contribution is -2.09. The summed E-state index contributed by atoms with van der Waals surface area (Å²) in [6, 6.07) is 9.13. The molecule has 3 aromatic rings. The van der Waals surface area contributed by atoms with E-state index in [0.29, 0.717) is 16.7 Å². The average Bonchev–Trinajstić information content (AvgIpc) is 2.80. The molecule has 0 aliphatic carbocycles. The fraction of sp³-hybridized carbons (Fsp3) is 0.0714. The van der Waals surface area contributed by atoms with Crippen LogP contribution in [-0.4, -0.2) is 0 Å². The zero-order valence-corrected chi connectivity index (χ0v) is 10.6. The first-order valence-corrected chi connectivity index (χ1v) is 6.42. The Hall–Kier alpha value is -2.07. The van der Waals surface area contributed by atoms with Gasteiger partial charge in [-0.2, -0.15) is 0 Å². The minimum absolute atomic E-state index is 0.167. The van der Waals surface area contributed by atoms with Gasteiger partial charge >= 0.3 is 0 Å². The number of fused-ring (bicyclic) bond motifs is 1. The summed E-state index contributed by atoms with van der Waals surface area (Å²) < 4.78 is 5.78. The number of nitrogens with two attached hydrogens (primary N) is 1. The largest absolute Gasteiger partial charge is 0.453 e. The van der Waals surface area contributed by atoms with Crippen LogP contribution in [0.1, 0.15) is 5.56 Å². The van der Waals surface area contributed by atoms with Crippen LogP contribution in [0, 0.1) is 6.92 Å². The maximum atomic E-state index is 12.2. The predicted octanol–water partition coefficient (Wildman–Crippen LogP) is 3.41. The number of thiophene rings is 1. The normalized spacial score (nSPS) is 10.9. The second kappa shape index (κ2) is 3.99. The summed E-state index contributed by atoms with van der Waals surface area (Å²) in [6.45, 7) is 1.97. The molecule has 2 heterocycles. The lowest BCUT2D eigenvalue weighted by Gasteiger charge is -2.05. The van der Waals surface area contributed by atoms with Crippen LogP contribution >= 0.6 is 11.3 Å². The van der Waals surface area contributed by atoms with Gasteiger partial charge in [0.2, 0.25) is 5.43 Å². The molecule has 0 saturated carbocycles. The van der Waals surface area contributed by atoms with E-state index in [0.717, 1.165) is 10.4 Å². The number of benzene rings is 1. The van der Waals surface area contributed by atoms with Crippen molar-refractivity contribution in [3.05, 3.63) is 51.5 Å². The molecule has 0 aliphatic rings. The molecule has 18 heavy (non-hydrogen) atoms. The van der Waals surface area contributed by atoms with Gasteiger partial charge in [-0.05, 0) is 36.1 Å². The smallest absolute Gasteiger partial charge is 0.216 e. The van der Waals surface area contributed by atoms with Gasteiger partial charge in [-0.3, -0.25) is 4.79 Å². The Bertz CT molecular complexity index is 786. The summed E-state index contributed by atoms with van der Waals surface area (Å²) >= 11 is 1.52. The molecular weight excluding hydrogens is 246 g/mol. The fourth-order valence-corrected chi connectivity index (χ4v) is 2.85. The highest BCUT2D eigenvalue weighted by Gasteiger charge is 2.15. The van der Waals surface area contributed by atoms with Gasteiger partial charge in [0, 0.05) is 0 Å². The Morgan fingerprint density at radius 3 is 2.72 bits per heavy atom. The number of hydrogen-bond donors (Lipinski definition) is 1. The summed E-state index contributed by atoms with van der Waals surface area (Å²) in [4.78, 5) is 13.1. The molecule has 2 N–H and O–H groups in total. The molecule has 2 aromatic heterocycles. The summed E-state index contributed by atoms with van der Waals surface area (Å²) in [5.41, 5.74) is 7.55. The van der Waals surface area contributed by atoms with E-state index in [2.05, 4.69) is 0 Å². The topological polar surface area (TPSA) is 56.2 Å². The molecule has 0 bridgehead atoms. The zero-order chi connectivity index (χ0) is 12.7. The Labute approximate surface area is 107 Å². The van der Waals surface area contributed by atoms with Gasteiger partial charge in [0.05, 0.1) is 10.3 Å². The van der Waals surface area contributed by atoms with Gasteiger partial charge < -0.3 is 10.2 Å². The lowest BCUT2D eigenvalue weighted by molar-refractivity contribution is 0.622. The molecule has 90 valence electrons. The molecular formula is C14H11NO2S. The Morgan fingerprint density at radius 1 is 1.22 bits per heavy atom. The number of anilines is 1. The monoisotopic (exact) mass is 257 g/mol. The van der Waals surface area contributed by atoms with E-state index >= 15 is 0 Å². The van der Waals surface area contributed by atoms with Crippen LogP contribution in [-0.2, 0) is 0 Å². The third-order valence-corrected chi connectivity index (χ3v) is 3.92. The van der Waals surface area contributed by atoms with Crippen molar-refractivity contribution < 1.29 is 4.42 Å². The molecule has 0 atom stereocenters. The summed E-state index contributed by atoms with van der Waals surface area (Å²) in [5.74, 6) is 0.478. The van der Waals surface area contributed by atoms with E-state index in [4.69, 9.17) is 10.2 Å². The Kier molecular flexibility index (Phi) is 2.45. The van der Waals surface area contributed by atoms with Crippen LogP contribution in [0.15, 0.2) is 44.9 Å². The molecule has 3 nitrogen and oxygen atoms in total. The van der Waals surface area contributed by atoms with Crippen LogP contribution in [0.5, 0.6) is 0 Å². The quantitative estimate of drug-likeness (QED) is 0.726. The molecule has 0 amide bonds. The van der Waals surface area contributed by atoms with Crippen LogP contribution in [0.3, 0.4) is 0 Å². The second-order valence-electron chi connectivity index (χ2n) is 4.10. The van der Waals surface area contributed by atoms with E-state index in [1.165, 1.54) is 11.3 Å². The van der Waals surface area contributed by atoms with Gasteiger partial charge in [0.1, 0.15) is 11.3 Å².